The topological polar surface area (TPSA) is 52.9 Å². The van der Waals surface area contributed by atoms with Crippen LogP contribution >= 0.6 is 12.9 Å². The zero-order valence-corrected chi connectivity index (χ0v) is 8.49. The molecule has 0 radical (unpaired) electrons. The molecule has 0 saturated carbocycles. The molecular formula is C8H17NO3S. The summed E-state index contributed by atoms with van der Waals surface area (Å²) in [5, 5.41) is 17.8. The second-order valence-corrected chi connectivity index (χ2v) is 3.65. The number of β-amino-alcohol motifs (C(OH)–C–C–N with tert-alkyl or cyclic N) is 1. The maximum atomic E-state index is 9.20. The van der Waals surface area contributed by atoms with Crippen LogP contribution in [0.5, 0.6) is 0 Å². The van der Waals surface area contributed by atoms with Gasteiger partial charge in [-0.3, -0.25) is 0 Å². The third-order valence-electron chi connectivity index (χ3n) is 2.36. The maximum absolute atomic E-state index is 9.20. The Morgan fingerprint density at radius 1 is 1.46 bits per heavy atom. The van der Waals surface area contributed by atoms with Gasteiger partial charge in [0, 0.05) is 19.6 Å². The fourth-order valence-electron chi connectivity index (χ4n) is 1.55. The van der Waals surface area contributed by atoms with Gasteiger partial charge in [0.1, 0.15) is 0 Å². The lowest BCUT2D eigenvalue weighted by Crippen LogP contribution is -2.41. The molecule has 0 amide bonds. The van der Waals surface area contributed by atoms with Crippen LogP contribution in [0.3, 0.4) is 0 Å². The van der Waals surface area contributed by atoms with Crippen molar-refractivity contribution in [1.29, 1.82) is 0 Å². The summed E-state index contributed by atoms with van der Waals surface area (Å²) in [6.07, 6.45) is 1.52. The Morgan fingerprint density at radius 2 is 2.08 bits per heavy atom. The van der Waals surface area contributed by atoms with Crippen LogP contribution in [0.25, 0.3) is 0 Å². The van der Waals surface area contributed by atoms with Gasteiger partial charge in [0.05, 0.1) is 18.8 Å². The van der Waals surface area contributed by atoms with Crippen molar-refractivity contribution >= 4 is 12.9 Å². The van der Waals surface area contributed by atoms with Crippen molar-refractivity contribution in [2.75, 3.05) is 26.2 Å². The normalized spacial score (nSPS) is 23.3. The summed E-state index contributed by atoms with van der Waals surface area (Å²) in [5.74, 6) is 0. The van der Waals surface area contributed by atoms with Gasteiger partial charge in [-0.05, 0) is 25.8 Å². The smallest absolute Gasteiger partial charge is 0.0897 e. The van der Waals surface area contributed by atoms with Crippen molar-refractivity contribution < 1.29 is 14.4 Å². The molecule has 4 nitrogen and oxygen atoms in total. The summed E-state index contributed by atoms with van der Waals surface area (Å²) < 4.78 is 4.93. The van der Waals surface area contributed by atoms with E-state index in [-0.39, 0.29) is 12.7 Å². The van der Waals surface area contributed by atoms with E-state index in [0.29, 0.717) is 6.54 Å². The summed E-state index contributed by atoms with van der Waals surface area (Å²) in [7, 11) is 0. The second kappa shape index (κ2) is 5.82. The van der Waals surface area contributed by atoms with E-state index in [1.807, 2.05) is 0 Å². The number of nitrogens with zero attached hydrogens (tertiary/aromatic N) is 1. The molecule has 13 heavy (non-hydrogen) atoms. The van der Waals surface area contributed by atoms with E-state index in [1.54, 1.807) is 0 Å². The summed E-state index contributed by atoms with van der Waals surface area (Å²) in [6, 6.07) is 0. The van der Waals surface area contributed by atoms with Crippen molar-refractivity contribution in [3.05, 3.63) is 0 Å². The van der Waals surface area contributed by atoms with Gasteiger partial charge in [-0.15, -0.1) is 0 Å². The minimum Gasteiger partial charge on any atom is -0.394 e. The van der Waals surface area contributed by atoms with Crippen LogP contribution in [0, 0.1) is 0 Å². The molecule has 1 aliphatic heterocycles. The maximum Gasteiger partial charge on any atom is 0.0897 e. The summed E-state index contributed by atoms with van der Waals surface area (Å²) in [6.45, 7) is 2.20. The molecule has 1 unspecified atom stereocenters. The van der Waals surface area contributed by atoms with Crippen LogP contribution in [0.4, 0.5) is 0 Å². The van der Waals surface area contributed by atoms with Gasteiger partial charge in [0.2, 0.25) is 0 Å². The zero-order chi connectivity index (χ0) is 9.68. The molecule has 5 heteroatoms. The van der Waals surface area contributed by atoms with Gasteiger partial charge in [0.25, 0.3) is 0 Å². The summed E-state index contributed by atoms with van der Waals surface area (Å²) in [5.41, 5.74) is 0. The number of hydrogen-bond donors (Lipinski definition) is 3. The number of thiol groups is 1. The van der Waals surface area contributed by atoms with Gasteiger partial charge >= 0.3 is 0 Å². The Hall–Kier alpha value is 0.190. The summed E-state index contributed by atoms with van der Waals surface area (Å²) in [4.78, 5) is 2.13. The third kappa shape index (κ3) is 3.83. The monoisotopic (exact) mass is 207 g/mol. The highest BCUT2D eigenvalue weighted by Crippen LogP contribution is 2.14. The largest absolute Gasteiger partial charge is 0.394 e. The fraction of sp³-hybridized carbons (Fsp3) is 1.00. The number of aliphatic hydroxyl groups excluding tert-OH is 2. The average molecular weight is 207 g/mol. The van der Waals surface area contributed by atoms with Crippen molar-refractivity contribution in [3.8, 4) is 0 Å². The first-order valence-electron chi connectivity index (χ1n) is 4.57. The molecular weight excluding hydrogens is 190 g/mol. The van der Waals surface area contributed by atoms with E-state index in [2.05, 4.69) is 17.8 Å². The molecule has 0 aliphatic carbocycles. The Bertz CT molecular complexity index is 139. The van der Waals surface area contributed by atoms with E-state index >= 15 is 0 Å². The number of piperidine rings is 1. The molecule has 1 heterocycles. The lowest BCUT2D eigenvalue weighted by atomic mass is 10.1. The summed E-state index contributed by atoms with van der Waals surface area (Å²) >= 11 is 3.77. The standard InChI is InChI=1S/C8H17NO3S/c10-6-7(11)5-9-3-1-8(12-13)2-4-9/h7-8,10-11,13H,1-6H2. The van der Waals surface area contributed by atoms with E-state index in [0.717, 1.165) is 25.9 Å². The fourth-order valence-corrected chi connectivity index (χ4v) is 1.76. The van der Waals surface area contributed by atoms with Gasteiger partial charge in [0.15, 0.2) is 0 Å². The van der Waals surface area contributed by atoms with Crippen LogP contribution in [0.1, 0.15) is 12.8 Å². The molecule has 1 saturated heterocycles. The van der Waals surface area contributed by atoms with Crippen LogP contribution in [-0.4, -0.2) is 53.6 Å². The highest BCUT2D eigenvalue weighted by molar-refractivity contribution is 7.75. The van der Waals surface area contributed by atoms with Crippen LogP contribution in [0.15, 0.2) is 0 Å². The molecule has 1 rings (SSSR count). The van der Waals surface area contributed by atoms with Crippen molar-refractivity contribution in [1.82, 2.24) is 4.90 Å². The quantitative estimate of drug-likeness (QED) is 0.436. The Morgan fingerprint density at radius 3 is 2.54 bits per heavy atom. The Balaban J connectivity index is 2.17. The van der Waals surface area contributed by atoms with Crippen molar-refractivity contribution in [2.24, 2.45) is 0 Å². The first kappa shape index (κ1) is 11.3. The van der Waals surface area contributed by atoms with E-state index in [4.69, 9.17) is 9.29 Å². The highest BCUT2D eigenvalue weighted by atomic mass is 32.1. The van der Waals surface area contributed by atoms with Crippen LogP contribution in [-0.2, 0) is 4.18 Å². The highest BCUT2D eigenvalue weighted by Gasteiger charge is 2.20. The molecule has 1 fully saturated rings. The third-order valence-corrected chi connectivity index (χ3v) is 2.66. The van der Waals surface area contributed by atoms with Crippen LogP contribution in [0.2, 0.25) is 0 Å². The average Bonchev–Trinajstić information content (AvgIpc) is 2.19. The molecule has 2 N–H and O–H groups in total. The SMILES string of the molecule is OCC(O)CN1CCC(OS)CC1. The zero-order valence-electron chi connectivity index (χ0n) is 7.59. The molecule has 0 bridgehead atoms. The van der Waals surface area contributed by atoms with Crippen LogP contribution < -0.4 is 0 Å². The molecule has 1 aliphatic rings. The second-order valence-electron chi connectivity index (χ2n) is 3.44. The van der Waals surface area contributed by atoms with E-state index in [1.165, 1.54) is 0 Å². The van der Waals surface area contributed by atoms with Crippen molar-refractivity contribution in [3.63, 3.8) is 0 Å². The first-order chi connectivity index (χ1) is 6.26. The van der Waals surface area contributed by atoms with Gasteiger partial charge in [-0.25, -0.2) is 0 Å². The van der Waals surface area contributed by atoms with E-state index < -0.39 is 6.10 Å². The molecule has 0 aromatic carbocycles. The molecule has 1 atom stereocenters. The number of likely N-dealkylation sites (tertiary alicyclic amines) is 1. The Kier molecular flexibility index (Phi) is 5.05. The number of aliphatic hydroxyl groups is 2. The van der Waals surface area contributed by atoms with E-state index in [9.17, 15) is 5.11 Å². The van der Waals surface area contributed by atoms with Crippen molar-refractivity contribution in [2.45, 2.75) is 25.0 Å². The first-order valence-corrected chi connectivity index (χ1v) is 4.94. The predicted octanol–water partition coefficient (Wildman–Crippen LogP) is -0.335. The van der Waals surface area contributed by atoms with Gasteiger partial charge in [-0.1, -0.05) is 0 Å². The number of hydrogen-bond acceptors (Lipinski definition) is 5. The van der Waals surface area contributed by atoms with Gasteiger partial charge in [-0.2, -0.15) is 0 Å². The number of rotatable bonds is 4. The van der Waals surface area contributed by atoms with Gasteiger partial charge < -0.3 is 19.3 Å². The predicted molar refractivity (Wildman–Crippen MR) is 52.6 cm³/mol. The lowest BCUT2D eigenvalue weighted by molar-refractivity contribution is 0.0385. The lowest BCUT2D eigenvalue weighted by Gasteiger charge is -2.31. The molecule has 0 spiro atoms. The minimum atomic E-state index is -0.617. The Labute approximate surface area is 84.1 Å². The molecule has 0 aromatic heterocycles. The minimum absolute atomic E-state index is 0.164. The molecule has 0 aromatic rings. The molecule has 78 valence electrons.